The van der Waals surface area contributed by atoms with Gasteiger partial charge in [-0.25, -0.2) is 4.79 Å². The summed E-state index contributed by atoms with van der Waals surface area (Å²) in [6.45, 7) is 1.91. The number of likely N-dealkylation sites (tertiary alicyclic amines) is 1. The zero-order valence-corrected chi connectivity index (χ0v) is 13.5. The van der Waals surface area contributed by atoms with Crippen LogP contribution < -0.4 is 10.2 Å². The number of fused-ring (bicyclic) bond motifs is 1. The first kappa shape index (κ1) is 15.0. The third-order valence-electron chi connectivity index (χ3n) is 4.77. The maximum Gasteiger partial charge on any atom is 0.321 e. The first-order chi connectivity index (χ1) is 11.7. The van der Waals surface area contributed by atoms with Crippen LogP contribution in [0.5, 0.6) is 0 Å². The highest BCUT2D eigenvalue weighted by Gasteiger charge is 2.26. The zero-order chi connectivity index (χ0) is 16.5. The van der Waals surface area contributed by atoms with Gasteiger partial charge in [0.2, 0.25) is 0 Å². The Hall–Kier alpha value is -2.53. The van der Waals surface area contributed by atoms with Crippen molar-refractivity contribution in [3.05, 3.63) is 54.1 Å². The third-order valence-corrected chi connectivity index (χ3v) is 4.77. The van der Waals surface area contributed by atoms with Crippen molar-refractivity contribution in [2.45, 2.75) is 18.9 Å². The maximum absolute atomic E-state index is 12.5. The van der Waals surface area contributed by atoms with Gasteiger partial charge in [0.1, 0.15) is 0 Å². The molecular weight excluding hydrogens is 302 g/mol. The average molecular weight is 323 g/mol. The molecule has 24 heavy (non-hydrogen) atoms. The number of urea groups is 1. The molecule has 1 fully saturated rings. The van der Waals surface area contributed by atoms with Crippen LogP contribution >= 0.6 is 0 Å². The summed E-state index contributed by atoms with van der Waals surface area (Å²) in [6.07, 6.45) is 1.25. The van der Waals surface area contributed by atoms with Gasteiger partial charge in [0.25, 0.3) is 0 Å². The molecule has 0 unspecified atom stereocenters. The van der Waals surface area contributed by atoms with Crippen LogP contribution in [0.25, 0.3) is 0 Å². The van der Waals surface area contributed by atoms with Crippen molar-refractivity contribution < 1.29 is 9.90 Å². The monoisotopic (exact) mass is 323 g/mol. The Morgan fingerprint density at radius 1 is 1.04 bits per heavy atom. The largest absolute Gasteiger partial charge is 0.391 e. The van der Waals surface area contributed by atoms with Crippen LogP contribution in [0, 0.1) is 0 Å². The van der Waals surface area contributed by atoms with Gasteiger partial charge in [-0.15, -0.1) is 0 Å². The van der Waals surface area contributed by atoms with E-state index >= 15 is 0 Å². The van der Waals surface area contributed by atoms with E-state index in [0.29, 0.717) is 19.5 Å². The first-order valence-electron chi connectivity index (χ1n) is 8.41. The SMILES string of the molecule is O=C(Nc1ccccc1N1CCc2ccccc21)N1CC[C@H](O)C1. The number of aliphatic hydroxyl groups excluding tert-OH is 1. The normalized spacial score (nSPS) is 19.5. The molecule has 2 aliphatic heterocycles. The number of carbonyl (C=O) groups excluding carboxylic acids is 1. The van der Waals surface area contributed by atoms with Crippen molar-refractivity contribution >= 4 is 23.1 Å². The topological polar surface area (TPSA) is 55.8 Å². The van der Waals surface area contributed by atoms with E-state index in [4.69, 9.17) is 0 Å². The number of hydrogen-bond donors (Lipinski definition) is 2. The van der Waals surface area contributed by atoms with Crippen molar-refractivity contribution in [1.29, 1.82) is 0 Å². The van der Waals surface area contributed by atoms with E-state index in [2.05, 4.69) is 28.4 Å². The third kappa shape index (κ3) is 2.71. The molecular formula is C19H21N3O2. The van der Waals surface area contributed by atoms with Crippen molar-refractivity contribution in [2.24, 2.45) is 0 Å². The van der Waals surface area contributed by atoms with Gasteiger partial charge in [0.05, 0.1) is 17.5 Å². The predicted octanol–water partition coefficient (Wildman–Crippen LogP) is 2.98. The van der Waals surface area contributed by atoms with Crippen molar-refractivity contribution in [2.75, 3.05) is 29.9 Å². The maximum atomic E-state index is 12.5. The van der Waals surface area contributed by atoms with Crippen LogP contribution in [-0.2, 0) is 6.42 Å². The van der Waals surface area contributed by atoms with Gasteiger partial charge in [0, 0.05) is 25.3 Å². The molecule has 0 radical (unpaired) electrons. The van der Waals surface area contributed by atoms with E-state index in [1.165, 1.54) is 11.3 Å². The average Bonchev–Trinajstić information content (AvgIpc) is 3.22. The van der Waals surface area contributed by atoms with Crippen molar-refractivity contribution in [1.82, 2.24) is 4.90 Å². The Labute approximate surface area is 141 Å². The molecule has 0 saturated carbocycles. The fraction of sp³-hybridized carbons (Fsp3) is 0.316. The highest BCUT2D eigenvalue weighted by atomic mass is 16.3. The molecule has 0 aromatic heterocycles. The molecule has 124 valence electrons. The standard InChI is InChI=1S/C19H21N3O2/c23-15-10-11-21(13-15)19(24)20-16-6-2-4-8-18(16)22-12-9-14-5-1-3-7-17(14)22/h1-8,15,23H,9-13H2,(H,20,24)/t15-/m0/s1. The Kier molecular flexibility index (Phi) is 3.86. The Bertz CT molecular complexity index is 762. The number of hydrogen-bond acceptors (Lipinski definition) is 3. The Morgan fingerprint density at radius 2 is 1.79 bits per heavy atom. The Morgan fingerprint density at radius 3 is 2.58 bits per heavy atom. The highest BCUT2D eigenvalue weighted by Crippen LogP contribution is 2.38. The van der Waals surface area contributed by atoms with E-state index in [-0.39, 0.29) is 6.03 Å². The molecule has 5 heteroatoms. The fourth-order valence-electron chi connectivity index (χ4n) is 3.52. The molecule has 2 aliphatic rings. The van der Waals surface area contributed by atoms with Gasteiger partial charge in [-0.1, -0.05) is 30.3 Å². The molecule has 0 bridgehead atoms. The number of anilines is 3. The summed E-state index contributed by atoms with van der Waals surface area (Å²) in [5.41, 5.74) is 4.35. The van der Waals surface area contributed by atoms with Crippen molar-refractivity contribution in [3.63, 3.8) is 0 Å². The second kappa shape index (κ2) is 6.17. The van der Waals surface area contributed by atoms with Crippen molar-refractivity contribution in [3.8, 4) is 0 Å². The van der Waals surface area contributed by atoms with Gasteiger partial charge in [-0.2, -0.15) is 0 Å². The summed E-state index contributed by atoms with van der Waals surface area (Å²) in [4.78, 5) is 16.4. The van der Waals surface area contributed by atoms with E-state index in [0.717, 1.165) is 24.3 Å². The Balaban J connectivity index is 1.59. The molecule has 2 aromatic rings. The summed E-state index contributed by atoms with van der Waals surface area (Å²) < 4.78 is 0. The second-order valence-electron chi connectivity index (χ2n) is 6.37. The molecule has 2 aromatic carbocycles. The summed E-state index contributed by atoms with van der Waals surface area (Å²) in [5.74, 6) is 0. The van der Waals surface area contributed by atoms with E-state index < -0.39 is 6.10 Å². The minimum absolute atomic E-state index is 0.147. The van der Waals surface area contributed by atoms with Crippen LogP contribution in [0.3, 0.4) is 0 Å². The lowest BCUT2D eigenvalue weighted by molar-refractivity contribution is 0.176. The molecule has 0 spiro atoms. The van der Waals surface area contributed by atoms with Gasteiger partial charge in [-0.3, -0.25) is 0 Å². The molecule has 2 N–H and O–H groups in total. The quantitative estimate of drug-likeness (QED) is 0.893. The van der Waals surface area contributed by atoms with Gasteiger partial charge in [-0.05, 0) is 36.6 Å². The van der Waals surface area contributed by atoms with Crippen LogP contribution in [0.1, 0.15) is 12.0 Å². The number of rotatable bonds is 2. The number of para-hydroxylation sites is 3. The number of aliphatic hydroxyl groups is 1. The number of β-amino-alcohol motifs (C(OH)–C–C–N with tert-alkyl or cyclic N) is 1. The van der Waals surface area contributed by atoms with E-state index in [1.54, 1.807) is 4.90 Å². The molecule has 1 atom stereocenters. The number of carbonyl (C=O) groups is 1. The predicted molar refractivity (Wildman–Crippen MR) is 94.8 cm³/mol. The molecule has 0 aliphatic carbocycles. The number of nitrogens with zero attached hydrogens (tertiary/aromatic N) is 2. The fourth-order valence-corrected chi connectivity index (χ4v) is 3.52. The lowest BCUT2D eigenvalue weighted by atomic mass is 10.2. The summed E-state index contributed by atoms with van der Waals surface area (Å²) in [5, 5.41) is 12.6. The molecule has 1 saturated heterocycles. The molecule has 4 rings (SSSR count). The zero-order valence-electron chi connectivity index (χ0n) is 13.5. The molecule has 2 amide bonds. The van der Waals surface area contributed by atoms with E-state index in [9.17, 15) is 9.90 Å². The second-order valence-corrected chi connectivity index (χ2v) is 6.37. The smallest absolute Gasteiger partial charge is 0.321 e. The van der Waals surface area contributed by atoms with Crippen LogP contribution in [0.4, 0.5) is 21.9 Å². The van der Waals surface area contributed by atoms with Gasteiger partial charge in [0.15, 0.2) is 0 Å². The summed E-state index contributed by atoms with van der Waals surface area (Å²) in [7, 11) is 0. The van der Waals surface area contributed by atoms with Gasteiger partial charge < -0.3 is 20.2 Å². The number of nitrogens with one attached hydrogen (secondary N) is 1. The number of amides is 2. The van der Waals surface area contributed by atoms with Crippen LogP contribution in [0.15, 0.2) is 48.5 Å². The first-order valence-corrected chi connectivity index (χ1v) is 8.41. The minimum atomic E-state index is -0.406. The van der Waals surface area contributed by atoms with Crippen LogP contribution in [0.2, 0.25) is 0 Å². The highest BCUT2D eigenvalue weighted by molar-refractivity contribution is 5.94. The number of benzene rings is 2. The van der Waals surface area contributed by atoms with E-state index in [1.807, 2.05) is 30.3 Å². The van der Waals surface area contributed by atoms with Gasteiger partial charge >= 0.3 is 6.03 Å². The lowest BCUT2D eigenvalue weighted by Gasteiger charge is -2.24. The lowest BCUT2D eigenvalue weighted by Crippen LogP contribution is -2.34. The summed E-state index contributed by atoms with van der Waals surface area (Å²) in [6, 6.07) is 16.1. The summed E-state index contributed by atoms with van der Waals surface area (Å²) >= 11 is 0. The molecule has 5 nitrogen and oxygen atoms in total. The van der Waals surface area contributed by atoms with Crippen LogP contribution in [-0.4, -0.2) is 41.8 Å². The molecule has 2 heterocycles. The minimum Gasteiger partial charge on any atom is -0.391 e.